The summed E-state index contributed by atoms with van der Waals surface area (Å²) in [5, 5.41) is 11.8. The minimum atomic E-state index is -3.56. The zero-order chi connectivity index (χ0) is 14.0. The van der Waals surface area contributed by atoms with Crippen LogP contribution in [0, 0.1) is 0 Å². The van der Waals surface area contributed by atoms with Gasteiger partial charge in [0.25, 0.3) is 10.0 Å². The molecule has 1 aliphatic heterocycles. The second kappa shape index (κ2) is 5.80. The van der Waals surface area contributed by atoms with E-state index in [-0.39, 0.29) is 5.03 Å². The van der Waals surface area contributed by atoms with Gasteiger partial charge in [-0.1, -0.05) is 6.42 Å². The second-order valence-corrected chi connectivity index (χ2v) is 7.12. The van der Waals surface area contributed by atoms with Gasteiger partial charge in [-0.05, 0) is 25.7 Å². The van der Waals surface area contributed by atoms with E-state index in [2.05, 4.69) is 20.3 Å². The van der Waals surface area contributed by atoms with Crippen LogP contribution in [-0.2, 0) is 16.6 Å². The van der Waals surface area contributed by atoms with E-state index < -0.39 is 10.0 Å². The van der Waals surface area contributed by atoms with Gasteiger partial charge in [-0.2, -0.15) is 5.10 Å². The molecule has 2 fully saturated rings. The quantitative estimate of drug-likeness (QED) is 0.705. The lowest BCUT2D eigenvalue weighted by Gasteiger charge is -2.26. The number of nitrogens with zero attached hydrogens (tertiary/aromatic N) is 2. The number of rotatable bonds is 6. The van der Waals surface area contributed by atoms with E-state index in [0.29, 0.717) is 18.2 Å². The fourth-order valence-corrected chi connectivity index (χ4v) is 3.66. The molecule has 0 atom stereocenters. The predicted molar refractivity (Wildman–Crippen MR) is 74.2 cm³/mol. The average molecular weight is 299 g/mol. The van der Waals surface area contributed by atoms with Crippen molar-refractivity contribution >= 4 is 10.0 Å². The normalized spacial score (nSPS) is 21.2. The van der Waals surface area contributed by atoms with Gasteiger partial charge in [-0.15, -0.1) is 4.83 Å². The number of aromatic amines is 1. The van der Waals surface area contributed by atoms with E-state index in [1.165, 1.54) is 19.3 Å². The van der Waals surface area contributed by atoms with Crippen molar-refractivity contribution in [3.8, 4) is 0 Å². The van der Waals surface area contributed by atoms with Crippen LogP contribution in [0.5, 0.6) is 0 Å². The van der Waals surface area contributed by atoms with Crippen molar-refractivity contribution in [2.45, 2.75) is 49.7 Å². The van der Waals surface area contributed by atoms with Gasteiger partial charge in [0.15, 0.2) is 5.03 Å². The van der Waals surface area contributed by atoms with Gasteiger partial charge in [0, 0.05) is 31.2 Å². The molecule has 1 aliphatic carbocycles. The molecule has 0 spiro atoms. The fourth-order valence-electron chi connectivity index (χ4n) is 2.40. The molecule has 1 saturated heterocycles. The minimum absolute atomic E-state index is 0.177. The molecule has 0 aromatic carbocycles. The Hall–Kier alpha value is -0.960. The molecule has 8 heteroatoms. The van der Waals surface area contributed by atoms with Crippen LogP contribution in [0.3, 0.4) is 0 Å². The third-order valence-corrected chi connectivity index (χ3v) is 5.10. The van der Waals surface area contributed by atoms with Crippen molar-refractivity contribution in [1.82, 2.24) is 25.4 Å². The van der Waals surface area contributed by atoms with Crippen molar-refractivity contribution in [3.63, 3.8) is 0 Å². The van der Waals surface area contributed by atoms with Gasteiger partial charge in [0.1, 0.15) is 0 Å². The molecule has 1 aromatic rings. The number of hydrogen-bond donors (Lipinski definition) is 3. The highest BCUT2D eigenvalue weighted by molar-refractivity contribution is 7.89. The second-order valence-electron chi connectivity index (χ2n) is 5.52. The molecular weight excluding hydrogens is 278 g/mol. The van der Waals surface area contributed by atoms with E-state index in [1.54, 1.807) is 11.2 Å². The maximum atomic E-state index is 12.4. The van der Waals surface area contributed by atoms with Crippen LogP contribution in [-0.4, -0.2) is 42.8 Å². The summed E-state index contributed by atoms with van der Waals surface area (Å²) in [6.45, 7) is 2.07. The van der Waals surface area contributed by atoms with Crippen LogP contribution in [0.25, 0.3) is 0 Å². The Balaban J connectivity index is 1.67. The SMILES string of the molecule is O=S(=O)(NN1CCCCC1)c1[nH]ncc1CNC1CC1. The Morgan fingerprint density at radius 3 is 2.75 bits per heavy atom. The summed E-state index contributed by atoms with van der Waals surface area (Å²) in [6.07, 6.45) is 7.15. The van der Waals surface area contributed by atoms with E-state index >= 15 is 0 Å². The molecule has 0 bridgehead atoms. The number of hydrogen-bond acceptors (Lipinski definition) is 5. The molecule has 2 heterocycles. The van der Waals surface area contributed by atoms with E-state index in [4.69, 9.17) is 0 Å². The smallest absolute Gasteiger partial charge is 0.270 e. The molecular formula is C12H21N5O2S. The zero-order valence-electron chi connectivity index (χ0n) is 11.4. The van der Waals surface area contributed by atoms with Crippen LogP contribution in [0.1, 0.15) is 37.7 Å². The first-order chi connectivity index (χ1) is 9.65. The standard InChI is InChI=1S/C12H21N5O2S/c18-20(19,16-17-6-2-1-3-7-17)12-10(9-14-15-12)8-13-11-4-5-11/h9,11,13,16H,1-8H2,(H,14,15). The number of aromatic nitrogens is 2. The van der Waals surface area contributed by atoms with Crippen molar-refractivity contribution in [1.29, 1.82) is 0 Å². The molecule has 3 rings (SSSR count). The van der Waals surface area contributed by atoms with E-state index in [0.717, 1.165) is 25.9 Å². The average Bonchev–Trinajstić information content (AvgIpc) is 3.13. The summed E-state index contributed by atoms with van der Waals surface area (Å²) in [5.41, 5.74) is 0.696. The first-order valence-electron chi connectivity index (χ1n) is 7.18. The molecule has 0 unspecified atom stereocenters. The van der Waals surface area contributed by atoms with Crippen molar-refractivity contribution < 1.29 is 8.42 Å². The fraction of sp³-hybridized carbons (Fsp3) is 0.750. The molecule has 1 aromatic heterocycles. The summed E-state index contributed by atoms with van der Waals surface area (Å²) in [7, 11) is -3.56. The van der Waals surface area contributed by atoms with E-state index in [9.17, 15) is 8.42 Å². The van der Waals surface area contributed by atoms with Crippen LogP contribution in [0.15, 0.2) is 11.2 Å². The monoisotopic (exact) mass is 299 g/mol. The van der Waals surface area contributed by atoms with Crippen LogP contribution in [0.2, 0.25) is 0 Å². The molecule has 7 nitrogen and oxygen atoms in total. The number of sulfonamides is 1. The molecule has 112 valence electrons. The topological polar surface area (TPSA) is 90.1 Å². The molecule has 2 aliphatic rings. The Labute approximate surface area is 119 Å². The zero-order valence-corrected chi connectivity index (χ0v) is 12.2. The first-order valence-corrected chi connectivity index (χ1v) is 8.66. The van der Waals surface area contributed by atoms with Gasteiger partial charge in [0.2, 0.25) is 0 Å². The van der Waals surface area contributed by atoms with Crippen molar-refractivity contribution in [2.75, 3.05) is 13.1 Å². The van der Waals surface area contributed by atoms with Crippen LogP contribution < -0.4 is 10.1 Å². The van der Waals surface area contributed by atoms with Crippen LogP contribution >= 0.6 is 0 Å². The lowest BCUT2D eigenvalue weighted by Crippen LogP contribution is -2.45. The number of nitrogens with one attached hydrogen (secondary N) is 3. The Morgan fingerprint density at radius 1 is 1.30 bits per heavy atom. The Bertz CT molecular complexity index is 546. The van der Waals surface area contributed by atoms with Gasteiger partial charge in [0.05, 0.1) is 6.20 Å². The number of piperidine rings is 1. The van der Waals surface area contributed by atoms with Gasteiger partial charge >= 0.3 is 0 Å². The minimum Gasteiger partial charge on any atom is -0.310 e. The molecule has 3 N–H and O–H groups in total. The summed E-state index contributed by atoms with van der Waals surface area (Å²) >= 11 is 0. The van der Waals surface area contributed by atoms with Gasteiger partial charge in [-0.25, -0.2) is 13.4 Å². The molecule has 20 heavy (non-hydrogen) atoms. The number of hydrazine groups is 1. The Morgan fingerprint density at radius 2 is 2.05 bits per heavy atom. The summed E-state index contributed by atoms with van der Waals surface area (Å²) in [5.74, 6) is 0. The maximum absolute atomic E-state index is 12.4. The molecule has 0 radical (unpaired) electrons. The summed E-state index contributed by atoms with van der Waals surface area (Å²) in [6, 6.07) is 0.538. The van der Waals surface area contributed by atoms with Crippen LogP contribution in [0.4, 0.5) is 0 Å². The third-order valence-electron chi connectivity index (χ3n) is 3.71. The highest BCUT2D eigenvalue weighted by atomic mass is 32.2. The van der Waals surface area contributed by atoms with Gasteiger partial charge in [-0.3, -0.25) is 5.10 Å². The summed E-state index contributed by atoms with van der Waals surface area (Å²) in [4.78, 5) is 2.65. The summed E-state index contributed by atoms with van der Waals surface area (Å²) < 4.78 is 24.8. The molecule has 0 amide bonds. The Kier molecular flexibility index (Phi) is 4.06. The van der Waals surface area contributed by atoms with Crippen molar-refractivity contribution in [2.24, 2.45) is 0 Å². The highest BCUT2D eigenvalue weighted by Crippen LogP contribution is 2.20. The first kappa shape index (κ1) is 14.0. The maximum Gasteiger partial charge on any atom is 0.270 e. The lowest BCUT2D eigenvalue weighted by atomic mass is 10.2. The highest BCUT2D eigenvalue weighted by Gasteiger charge is 2.26. The van der Waals surface area contributed by atoms with Crippen molar-refractivity contribution in [3.05, 3.63) is 11.8 Å². The largest absolute Gasteiger partial charge is 0.310 e. The number of H-pyrrole nitrogens is 1. The lowest BCUT2D eigenvalue weighted by molar-refractivity contribution is 0.199. The third kappa shape index (κ3) is 3.38. The predicted octanol–water partition coefficient (Wildman–Crippen LogP) is 0.341. The van der Waals surface area contributed by atoms with E-state index in [1.807, 2.05) is 0 Å². The van der Waals surface area contributed by atoms with Gasteiger partial charge < -0.3 is 5.32 Å². The molecule has 1 saturated carbocycles.